The molecule has 0 aliphatic rings. The molecule has 1 rings (SSSR count). The van der Waals surface area contributed by atoms with Gasteiger partial charge in [0, 0.05) is 12.8 Å². The lowest BCUT2D eigenvalue weighted by molar-refractivity contribution is 1.20. The van der Waals surface area contributed by atoms with Crippen molar-refractivity contribution >= 4 is 5.69 Å². The van der Waals surface area contributed by atoms with Gasteiger partial charge in [-0.25, -0.2) is 0 Å². The van der Waals surface area contributed by atoms with Gasteiger partial charge in [0.05, 0.1) is 0 Å². The molecule has 0 aromatic heterocycles. The van der Waals surface area contributed by atoms with Gasteiger partial charge in [-0.15, -0.1) is 0 Å². The van der Waals surface area contributed by atoms with E-state index in [0.717, 1.165) is 17.8 Å². The Morgan fingerprint density at radius 2 is 1.71 bits per heavy atom. The van der Waals surface area contributed by atoms with E-state index in [2.05, 4.69) is 24.9 Å². The van der Waals surface area contributed by atoms with Gasteiger partial charge in [-0.3, -0.25) is 0 Å². The van der Waals surface area contributed by atoms with E-state index in [9.17, 15) is 0 Å². The topological polar surface area (TPSA) is 12.0 Å². The Labute approximate surface area is 109 Å². The van der Waals surface area contributed by atoms with Crippen LogP contribution in [-0.2, 0) is 0 Å². The first-order valence-electron chi connectivity index (χ1n) is 6.51. The van der Waals surface area contributed by atoms with Crippen LogP contribution in [-0.4, -0.2) is 0 Å². The monoisotopic (exact) mass is 235 g/mol. The summed E-state index contributed by atoms with van der Waals surface area (Å²) in [6.07, 6.45) is 4.96. The molecule has 0 atom stereocenters. The maximum atomic E-state index is 3.75. The largest absolute Gasteiger partial charge is 0.356 e. The van der Waals surface area contributed by atoms with Crippen LogP contribution in [0.2, 0.25) is 0 Å². The highest BCUT2D eigenvalue weighted by molar-refractivity contribution is 5.50. The van der Waals surface area contributed by atoms with Gasteiger partial charge >= 0.3 is 0 Å². The fourth-order valence-corrected chi connectivity index (χ4v) is 1.09. The lowest BCUT2D eigenvalue weighted by Gasteiger charge is -2.05. The summed E-state index contributed by atoms with van der Waals surface area (Å²) in [7, 11) is 0. The molecule has 0 fully saturated rings. The molecule has 0 unspecified atom stereocenters. The fraction of sp³-hybridized carbons (Fsp3) is 0.375. The first-order valence-corrected chi connectivity index (χ1v) is 6.51. The highest BCUT2D eigenvalue weighted by Gasteiger charge is 1.90. The van der Waals surface area contributed by atoms with Crippen molar-refractivity contribution in [3.8, 4) is 0 Å². The van der Waals surface area contributed by atoms with E-state index in [1.54, 1.807) is 0 Å². The first-order chi connectivity index (χ1) is 8.36. The van der Waals surface area contributed by atoms with E-state index in [1.807, 2.05) is 64.1 Å². The van der Waals surface area contributed by atoms with Crippen LogP contribution >= 0.6 is 0 Å². The summed E-state index contributed by atoms with van der Waals surface area (Å²) in [5, 5.41) is 3.27. The van der Waals surface area contributed by atoms with Gasteiger partial charge in [-0.05, 0) is 24.6 Å². The maximum Gasteiger partial charge on any atom is 0.0384 e. The van der Waals surface area contributed by atoms with Gasteiger partial charge in [0.2, 0.25) is 0 Å². The molecule has 17 heavy (non-hydrogen) atoms. The zero-order valence-corrected chi connectivity index (χ0v) is 12.0. The molecule has 0 bridgehead atoms. The lowest BCUT2D eigenvalue weighted by atomic mass is 10.3. The summed E-state index contributed by atoms with van der Waals surface area (Å²) in [5.41, 5.74) is 2.16. The first kappa shape index (κ1) is 17.9. The molecule has 0 aliphatic heterocycles. The third-order valence-electron chi connectivity index (χ3n) is 1.71. The van der Waals surface area contributed by atoms with E-state index in [4.69, 9.17) is 0 Å². The number of nitrogens with one attached hydrogen (secondary N) is 1. The van der Waals surface area contributed by atoms with Crippen molar-refractivity contribution in [1.29, 1.82) is 0 Å². The Balaban J connectivity index is -0.000000409. The third-order valence-corrected chi connectivity index (χ3v) is 1.71. The number of hydrogen-bond acceptors (Lipinski definition) is 1. The van der Waals surface area contributed by atoms with Crippen molar-refractivity contribution in [3.05, 3.63) is 54.8 Å². The van der Waals surface area contributed by atoms with Crippen LogP contribution in [0.4, 0.5) is 5.69 Å². The molecular weight excluding hydrogens is 206 g/mol. The number of anilines is 1. The quantitative estimate of drug-likeness (QED) is 0.643. The maximum absolute atomic E-state index is 3.75. The summed E-state index contributed by atoms with van der Waals surface area (Å²) in [6, 6.07) is 10.1. The van der Waals surface area contributed by atoms with E-state index in [0.29, 0.717) is 0 Å². The van der Waals surface area contributed by atoms with Gasteiger partial charge in [-0.2, -0.15) is 0 Å². The molecule has 0 radical (unpaired) electrons. The standard InChI is InChI=1S/C12H15N.2C2H6.H2/c1-3-8-11(4-2)13-12-9-6-5-7-10-12;2*1-2;/h4-10,13H,2-3H2,1H3;2*1-2H3;1H/b11-8+;;;. The molecule has 0 saturated carbocycles. The molecule has 98 valence electrons. The zero-order valence-electron chi connectivity index (χ0n) is 12.0. The zero-order chi connectivity index (χ0) is 13.5. The molecule has 1 aromatic carbocycles. The Hall–Kier alpha value is -1.50. The van der Waals surface area contributed by atoms with Crippen molar-refractivity contribution < 1.29 is 1.43 Å². The lowest BCUT2D eigenvalue weighted by Crippen LogP contribution is -1.95. The van der Waals surface area contributed by atoms with E-state index in [1.165, 1.54) is 0 Å². The minimum Gasteiger partial charge on any atom is -0.356 e. The van der Waals surface area contributed by atoms with Gasteiger partial charge in [0.25, 0.3) is 0 Å². The van der Waals surface area contributed by atoms with Gasteiger partial charge in [0.15, 0.2) is 0 Å². The highest BCUT2D eigenvalue weighted by atomic mass is 14.9. The molecule has 0 saturated heterocycles. The van der Waals surface area contributed by atoms with E-state index in [-0.39, 0.29) is 1.43 Å². The Morgan fingerprint density at radius 3 is 2.12 bits per heavy atom. The number of rotatable bonds is 4. The normalized spacial score (nSPS) is 9.12. The number of para-hydroxylation sites is 1. The minimum atomic E-state index is 0. The highest BCUT2D eigenvalue weighted by Crippen LogP contribution is 2.09. The number of allylic oxidation sites excluding steroid dienone is 2. The van der Waals surface area contributed by atoms with E-state index >= 15 is 0 Å². The summed E-state index contributed by atoms with van der Waals surface area (Å²) in [5.74, 6) is 0. The third kappa shape index (κ3) is 9.43. The van der Waals surface area contributed by atoms with Crippen LogP contribution in [0.15, 0.2) is 54.8 Å². The van der Waals surface area contributed by atoms with Crippen LogP contribution in [0.3, 0.4) is 0 Å². The second kappa shape index (κ2) is 14.5. The second-order valence-corrected chi connectivity index (χ2v) is 2.76. The molecule has 1 heteroatoms. The van der Waals surface area contributed by atoms with E-state index < -0.39 is 0 Å². The summed E-state index contributed by atoms with van der Waals surface area (Å²) < 4.78 is 0. The number of hydrogen-bond donors (Lipinski definition) is 1. The van der Waals surface area contributed by atoms with Crippen LogP contribution in [0, 0.1) is 0 Å². The molecule has 0 heterocycles. The smallest absolute Gasteiger partial charge is 0.0384 e. The van der Waals surface area contributed by atoms with Crippen molar-refractivity contribution in [1.82, 2.24) is 0 Å². The molecule has 1 N–H and O–H groups in total. The summed E-state index contributed by atoms with van der Waals surface area (Å²) in [6.45, 7) is 13.9. The molecule has 1 aromatic rings. The molecule has 0 aliphatic carbocycles. The van der Waals surface area contributed by atoms with Crippen LogP contribution in [0.5, 0.6) is 0 Å². The van der Waals surface area contributed by atoms with Crippen molar-refractivity contribution in [2.45, 2.75) is 41.0 Å². The second-order valence-electron chi connectivity index (χ2n) is 2.76. The molecule has 1 nitrogen and oxygen atoms in total. The Bertz CT molecular complexity index is 291. The van der Waals surface area contributed by atoms with Gasteiger partial charge in [-0.1, -0.05) is 65.5 Å². The Kier molecular flexibility index (Phi) is 15.3. The average Bonchev–Trinajstić information content (AvgIpc) is 2.44. The predicted molar refractivity (Wildman–Crippen MR) is 83.4 cm³/mol. The van der Waals surface area contributed by atoms with Gasteiger partial charge < -0.3 is 5.32 Å². The van der Waals surface area contributed by atoms with Crippen molar-refractivity contribution in [3.63, 3.8) is 0 Å². The van der Waals surface area contributed by atoms with Gasteiger partial charge in [0.1, 0.15) is 0 Å². The summed E-state index contributed by atoms with van der Waals surface area (Å²) in [4.78, 5) is 0. The minimum absolute atomic E-state index is 0. The summed E-state index contributed by atoms with van der Waals surface area (Å²) >= 11 is 0. The Morgan fingerprint density at radius 1 is 1.18 bits per heavy atom. The van der Waals surface area contributed by atoms with Crippen molar-refractivity contribution in [2.24, 2.45) is 0 Å². The molecule has 0 amide bonds. The molecule has 0 spiro atoms. The average molecular weight is 235 g/mol. The van der Waals surface area contributed by atoms with Crippen LogP contribution in [0.25, 0.3) is 0 Å². The molecular formula is C16H29N. The number of benzene rings is 1. The van der Waals surface area contributed by atoms with Crippen LogP contribution in [0.1, 0.15) is 42.5 Å². The van der Waals surface area contributed by atoms with Crippen LogP contribution < -0.4 is 5.32 Å². The van der Waals surface area contributed by atoms with Crippen molar-refractivity contribution in [2.75, 3.05) is 5.32 Å². The predicted octanol–water partition coefficient (Wildman–Crippen LogP) is 5.88. The SMILES string of the molecule is C=C/C(=C\CC)Nc1ccccc1.CC.CC.[HH]. The fourth-order valence-electron chi connectivity index (χ4n) is 1.09.